The lowest BCUT2D eigenvalue weighted by atomic mass is 10.1. The molecule has 0 spiro atoms. The average Bonchev–Trinajstić information content (AvgIpc) is 2.69. The van der Waals surface area contributed by atoms with Crippen LogP contribution in [0.25, 0.3) is 0 Å². The number of carbonyl (C=O) groups excluding carboxylic acids is 1. The van der Waals surface area contributed by atoms with E-state index in [4.69, 9.17) is 0 Å². The Bertz CT molecular complexity index is 1180. The van der Waals surface area contributed by atoms with Crippen molar-refractivity contribution in [3.8, 4) is 0 Å². The summed E-state index contributed by atoms with van der Waals surface area (Å²) in [5.41, 5.74) is -0.398. The lowest BCUT2D eigenvalue weighted by molar-refractivity contribution is -0.136. The molecule has 0 bridgehead atoms. The SMILES string of the molecule is Cc1cc(S(=O)(=O)Nc2ccccc2C(F)(F)F)ccc1NC(=O)c1ccccc1. The number of hydrogen-bond acceptors (Lipinski definition) is 3. The van der Waals surface area contributed by atoms with Crippen molar-refractivity contribution in [2.45, 2.75) is 18.0 Å². The Morgan fingerprint density at radius 1 is 0.867 bits per heavy atom. The first-order valence-electron chi connectivity index (χ1n) is 8.74. The van der Waals surface area contributed by atoms with Crippen molar-refractivity contribution in [1.29, 1.82) is 0 Å². The van der Waals surface area contributed by atoms with Crippen LogP contribution in [0.3, 0.4) is 0 Å². The zero-order valence-corrected chi connectivity index (χ0v) is 16.5. The molecule has 3 aromatic carbocycles. The maximum absolute atomic E-state index is 13.1. The molecule has 2 N–H and O–H groups in total. The molecule has 0 atom stereocenters. The number of aryl methyl sites for hydroxylation is 1. The Kier molecular flexibility index (Phi) is 5.84. The summed E-state index contributed by atoms with van der Waals surface area (Å²) in [7, 11) is -4.28. The molecule has 9 heteroatoms. The first-order chi connectivity index (χ1) is 14.1. The fraction of sp³-hybridized carbons (Fsp3) is 0.0952. The van der Waals surface area contributed by atoms with Crippen LogP contribution in [0.4, 0.5) is 24.5 Å². The molecule has 156 valence electrons. The molecular formula is C21H17F3N2O3S. The molecule has 5 nitrogen and oxygen atoms in total. The van der Waals surface area contributed by atoms with Crippen molar-refractivity contribution >= 4 is 27.3 Å². The topological polar surface area (TPSA) is 75.3 Å². The highest BCUT2D eigenvalue weighted by Crippen LogP contribution is 2.35. The molecule has 0 saturated heterocycles. The molecular weight excluding hydrogens is 417 g/mol. The molecule has 1 amide bonds. The summed E-state index contributed by atoms with van der Waals surface area (Å²) in [5, 5.41) is 2.68. The van der Waals surface area contributed by atoms with Gasteiger partial charge < -0.3 is 5.32 Å². The van der Waals surface area contributed by atoms with Gasteiger partial charge in [-0.3, -0.25) is 9.52 Å². The van der Waals surface area contributed by atoms with Crippen molar-refractivity contribution in [3.63, 3.8) is 0 Å². The van der Waals surface area contributed by atoms with Crippen LogP contribution in [-0.2, 0) is 16.2 Å². The fourth-order valence-corrected chi connectivity index (χ4v) is 3.92. The number of carbonyl (C=O) groups is 1. The Morgan fingerprint density at radius 2 is 1.50 bits per heavy atom. The molecule has 3 rings (SSSR count). The normalized spacial score (nSPS) is 11.7. The van der Waals surface area contributed by atoms with Gasteiger partial charge in [-0.2, -0.15) is 13.2 Å². The number of amides is 1. The number of sulfonamides is 1. The zero-order valence-electron chi connectivity index (χ0n) is 15.7. The van der Waals surface area contributed by atoms with Gasteiger partial charge >= 0.3 is 6.18 Å². The van der Waals surface area contributed by atoms with Crippen LogP contribution in [0.2, 0.25) is 0 Å². The standard InChI is InChI=1S/C21H17F3N2O3S/c1-14-13-16(11-12-18(14)25-20(27)15-7-3-2-4-8-15)30(28,29)26-19-10-6-5-9-17(19)21(22,23)24/h2-13,26H,1H3,(H,25,27). The average molecular weight is 434 g/mol. The lowest BCUT2D eigenvalue weighted by Crippen LogP contribution is -2.18. The largest absolute Gasteiger partial charge is 0.418 e. The minimum Gasteiger partial charge on any atom is -0.322 e. The second-order valence-electron chi connectivity index (χ2n) is 6.45. The summed E-state index contributed by atoms with van der Waals surface area (Å²) < 4.78 is 66.6. The minimum absolute atomic E-state index is 0.227. The molecule has 0 radical (unpaired) electrons. The highest BCUT2D eigenvalue weighted by molar-refractivity contribution is 7.92. The molecule has 0 fully saturated rings. The van der Waals surface area contributed by atoms with Gasteiger partial charge in [0.05, 0.1) is 16.1 Å². The smallest absolute Gasteiger partial charge is 0.322 e. The highest BCUT2D eigenvalue weighted by atomic mass is 32.2. The quantitative estimate of drug-likeness (QED) is 0.589. The number of para-hydroxylation sites is 1. The van der Waals surface area contributed by atoms with Crippen LogP contribution >= 0.6 is 0 Å². The van der Waals surface area contributed by atoms with Gasteiger partial charge in [-0.15, -0.1) is 0 Å². The third-order valence-corrected chi connectivity index (χ3v) is 5.63. The zero-order chi connectivity index (χ0) is 21.9. The Hall–Kier alpha value is -3.33. The summed E-state index contributed by atoms with van der Waals surface area (Å²) >= 11 is 0. The van der Waals surface area contributed by atoms with Crippen LogP contribution in [-0.4, -0.2) is 14.3 Å². The van der Waals surface area contributed by atoms with Crippen molar-refractivity contribution < 1.29 is 26.4 Å². The molecule has 30 heavy (non-hydrogen) atoms. The van der Waals surface area contributed by atoms with E-state index < -0.39 is 27.5 Å². The van der Waals surface area contributed by atoms with E-state index in [0.29, 0.717) is 16.8 Å². The number of anilines is 2. The van der Waals surface area contributed by atoms with Gasteiger partial charge in [-0.05, 0) is 55.0 Å². The van der Waals surface area contributed by atoms with E-state index in [0.717, 1.165) is 12.1 Å². The van der Waals surface area contributed by atoms with E-state index in [1.54, 1.807) is 37.3 Å². The third kappa shape index (κ3) is 4.80. The number of alkyl halides is 3. The van der Waals surface area contributed by atoms with Crippen LogP contribution in [0.15, 0.2) is 77.7 Å². The maximum atomic E-state index is 13.1. The molecule has 0 aromatic heterocycles. The molecule has 0 aliphatic rings. The van der Waals surface area contributed by atoms with Gasteiger partial charge in [0.2, 0.25) is 0 Å². The molecule has 3 aromatic rings. The molecule has 0 heterocycles. The van der Waals surface area contributed by atoms with Crippen molar-refractivity contribution in [1.82, 2.24) is 0 Å². The Morgan fingerprint density at radius 3 is 2.13 bits per heavy atom. The van der Waals surface area contributed by atoms with Gasteiger partial charge in [0.25, 0.3) is 15.9 Å². The number of halogens is 3. The van der Waals surface area contributed by atoms with Crippen LogP contribution in [0.5, 0.6) is 0 Å². The van der Waals surface area contributed by atoms with E-state index in [2.05, 4.69) is 5.32 Å². The summed E-state index contributed by atoms with van der Waals surface area (Å²) in [6, 6.07) is 16.7. The monoisotopic (exact) mass is 434 g/mol. The second kappa shape index (κ2) is 8.19. The van der Waals surface area contributed by atoms with Crippen LogP contribution in [0, 0.1) is 6.92 Å². The van der Waals surface area contributed by atoms with Gasteiger partial charge in [0.15, 0.2) is 0 Å². The van der Waals surface area contributed by atoms with Crippen molar-refractivity contribution in [2.75, 3.05) is 10.0 Å². The van der Waals surface area contributed by atoms with E-state index >= 15 is 0 Å². The predicted molar refractivity (Wildman–Crippen MR) is 108 cm³/mol. The predicted octanol–water partition coefficient (Wildman–Crippen LogP) is 5.07. The molecule has 0 unspecified atom stereocenters. The molecule has 0 aliphatic heterocycles. The first-order valence-corrected chi connectivity index (χ1v) is 10.2. The Balaban J connectivity index is 1.85. The number of benzene rings is 3. The highest BCUT2D eigenvalue weighted by Gasteiger charge is 2.34. The second-order valence-corrected chi connectivity index (χ2v) is 8.13. The van der Waals surface area contributed by atoms with Crippen LogP contribution < -0.4 is 10.0 Å². The minimum atomic E-state index is -4.71. The summed E-state index contributed by atoms with van der Waals surface area (Å²) in [5.74, 6) is -0.369. The lowest BCUT2D eigenvalue weighted by Gasteiger charge is -2.15. The number of nitrogens with one attached hydrogen (secondary N) is 2. The van der Waals surface area contributed by atoms with Crippen molar-refractivity contribution in [3.05, 3.63) is 89.5 Å². The maximum Gasteiger partial charge on any atom is 0.418 e. The summed E-state index contributed by atoms with van der Waals surface area (Å²) in [6.07, 6.45) is -4.71. The van der Waals surface area contributed by atoms with Crippen molar-refractivity contribution in [2.24, 2.45) is 0 Å². The van der Waals surface area contributed by atoms with E-state index in [1.807, 2.05) is 4.72 Å². The van der Waals surface area contributed by atoms with E-state index in [9.17, 15) is 26.4 Å². The van der Waals surface area contributed by atoms with Gasteiger partial charge in [0.1, 0.15) is 0 Å². The number of rotatable bonds is 5. The molecule has 0 saturated carbocycles. The fourth-order valence-electron chi connectivity index (χ4n) is 2.75. The van der Waals surface area contributed by atoms with Gasteiger partial charge in [-0.1, -0.05) is 30.3 Å². The first kappa shape index (κ1) is 21.4. The summed E-state index contributed by atoms with van der Waals surface area (Å²) in [6.45, 7) is 1.59. The van der Waals surface area contributed by atoms with Gasteiger partial charge in [-0.25, -0.2) is 8.42 Å². The van der Waals surface area contributed by atoms with Crippen LogP contribution in [0.1, 0.15) is 21.5 Å². The Labute approximate surface area is 171 Å². The third-order valence-electron chi connectivity index (χ3n) is 4.27. The van der Waals surface area contributed by atoms with Gasteiger partial charge in [0, 0.05) is 11.3 Å². The van der Waals surface area contributed by atoms with E-state index in [-0.39, 0.29) is 10.8 Å². The van der Waals surface area contributed by atoms with E-state index in [1.165, 1.54) is 30.3 Å². The molecule has 0 aliphatic carbocycles. The number of hydrogen-bond donors (Lipinski definition) is 2. The summed E-state index contributed by atoms with van der Waals surface area (Å²) in [4.78, 5) is 12.0.